The number of ether oxygens (including phenoxy) is 1. The lowest BCUT2D eigenvalue weighted by atomic mass is 10.1. The number of esters is 1. The monoisotopic (exact) mass is 742 g/mol. The van der Waals surface area contributed by atoms with E-state index in [1.165, 1.54) is 29.5 Å². The number of carboxylic acid groups (broad SMARTS) is 1. The van der Waals surface area contributed by atoms with Crippen molar-refractivity contribution in [3.05, 3.63) is 159 Å². The molecule has 0 fully saturated rings. The average molecular weight is 744 g/mol. The Labute approximate surface area is 304 Å². The number of pyridine rings is 2. The van der Waals surface area contributed by atoms with Crippen LogP contribution in [-0.4, -0.2) is 51.5 Å². The van der Waals surface area contributed by atoms with Gasteiger partial charge < -0.3 is 14.8 Å². The zero-order valence-corrected chi connectivity index (χ0v) is 28.7. The van der Waals surface area contributed by atoms with Gasteiger partial charge >= 0.3 is 11.9 Å². The molecule has 7 rings (SSSR count). The molecule has 260 valence electrons. The Morgan fingerprint density at radius 2 is 1.41 bits per heavy atom. The lowest BCUT2D eigenvalue weighted by molar-refractivity contribution is 0.0599. The predicted octanol–water partition coefficient (Wildman–Crippen LogP) is 8.45. The number of H-pyrrole nitrogens is 1. The lowest BCUT2D eigenvalue weighted by Crippen LogP contribution is -2.16. The maximum Gasteiger partial charge on any atom is 0.337 e. The summed E-state index contributed by atoms with van der Waals surface area (Å²) in [4.78, 5) is 34.7. The van der Waals surface area contributed by atoms with Gasteiger partial charge in [0.05, 0.1) is 28.6 Å². The maximum atomic E-state index is 13.5. The van der Waals surface area contributed by atoms with Crippen molar-refractivity contribution < 1.29 is 27.9 Å². The number of fused-ring (bicyclic) bond motifs is 2. The lowest BCUT2D eigenvalue weighted by Gasteiger charge is -2.12. The molecule has 0 bridgehead atoms. The number of hydrogen-bond donors (Lipinski definition) is 2. The van der Waals surface area contributed by atoms with Crippen molar-refractivity contribution in [2.45, 2.75) is 25.2 Å². The van der Waals surface area contributed by atoms with E-state index in [-0.39, 0.29) is 24.3 Å². The summed E-state index contributed by atoms with van der Waals surface area (Å²) in [5.41, 5.74) is 4.83. The molecular weight excluding hydrogens is 711 g/mol. The van der Waals surface area contributed by atoms with E-state index in [0.717, 1.165) is 16.6 Å². The molecule has 0 aliphatic carbocycles. The number of aromatic amines is 1. The Balaban J connectivity index is 0.000000209. The number of benzene rings is 3. The largest absolute Gasteiger partial charge is 0.478 e. The fourth-order valence-electron chi connectivity index (χ4n) is 5.49. The van der Waals surface area contributed by atoms with Crippen LogP contribution in [0.3, 0.4) is 0 Å². The minimum Gasteiger partial charge on any atom is -0.478 e. The Morgan fingerprint density at radius 3 is 2.10 bits per heavy atom. The van der Waals surface area contributed by atoms with Crippen LogP contribution in [0.5, 0.6) is 0 Å². The normalized spacial score (nSPS) is 11.0. The van der Waals surface area contributed by atoms with Crippen LogP contribution >= 0.6 is 23.2 Å². The van der Waals surface area contributed by atoms with Crippen LogP contribution in [0.4, 0.5) is 0 Å². The minimum atomic E-state index is -3.86. The molecule has 0 saturated heterocycles. The van der Waals surface area contributed by atoms with Crippen LogP contribution in [0.2, 0.25) is 10.0 Å². The third-order valence-electron chi connectivity index (χ3n) is 7.75. The van der Waals surface area contributed by atoms with Gasteiger partial charge in [0.2, 0.25) is 0 Å². The number of rotatable bonds is 8. The summed E-state index contributed by atoms with van der Waals surface area (Å²) < 4.78 is 33.0. The number of aromatic nitrogens is 4. The molecule has 0 aliphatic rings. The van der Waals surface area contributed by atoms with Gasteiger partial charge in [-0.1, -0.05) is 48.8 Å². The number of nitrogens with zero attached hydrogens (tertiary/aromatic N) is 3. The van der Waals surface area contributed by atoms with Gasteiger partial charge in [-0.3, -0.25) is 9.97 Å². The smallest absolute Gasteiger partial charge is 0.337 e. The molecule has 51 heavy (non-hydrogen) atoms. The van der Waals surface area contributed by atoms with E-state index in [1.807, 2.05) is 24.3 Å². The molecule has 4 aromatic heterocycles. The van der Waals surface area contributed by atoms with E-state index in [2.05, 4.69) is 15.0 Å². The number of carbonyl (C=O) groups is 2. The third-order valence-corrected chi connectivity index (χ3v) is 10.00. The van der Waals surface area contributed by atoms with Gasteiger partial charge in [0, 0.05) is 74.3 Å². The maximum absolute atomic E-state index is 13.5. The van der Waals surface area contributed by atoms with Gasteiger partial charge in [-0.05, 0) is 84.9 Å². The van der Waals surface area contributed by atoms with Gasteiger partial charge in [-0.25, -0.2) is 22.0 Å². The van der Waals surface area contributed by atoms with E-state index >= 15 is 0 Å². The van der Waals surface area contributed by atoms with Crippen molar-refractivity contribution in [1.82, 2.24) is 18.9 Å². The van der Waals surface area contributed by atoms with Crippen molar-refractivity contribution >= 4 is 67.0 Å². The number of hydrogen-bond acceptors (Lipinski definition) is 7. The molecule has 3 aromatic carbocycles. The van der Waals surface area contributed by atoms with E-state index < -0.39 is 22.0 Å². The molecular formula is C38H32Cl2N4O6S. The van der Waals surface area contributed by atoms with E-state index in [9.17, 15) is 18.0 Å². The fraction of sp³-hybridized carbons (Fsp3) is 0.105. The van der Waals surface area contributed by atoms with Crippen molar-refractivity contribution in [2.75, 3.05) is 7.11 Å². The minimum absolute atomic E-state index is 0. The molecule has 2 N–H and O–H groups in total. The van der Waals surface area contributed by atoms with Crippen LogP contribution in [0.15, 0.2) is 120 Å². The molecule has 13 heteroatoms. The highest BCUT2D eigenvalue weighted by Gasteiger charge is 2.23. The number of aromatic carboxylic acids is 1. The number of carbonyl (C=O) groups excluding carboxylic acids is 1. The van der Waals surface area contributed by atoms with Gasteiger partial charge in [0.15, 0.2) is 0 Å². The summed E-state index contributed by atoms with van der Waals surface area (Å²) in [7, 11) is -2.56. The van der Waals surface area contributed by atoms with Crippen LogP contribution in [0, 0.1) is 0 Å². The Kier molecular flexibility index (Phi) is 11.2. The average Bonchev–Trinajstić information content (AvgIpc) is 3.68. The van der Waals surface area contributed by atoms with Gasteiger partial charge in [-0.2, -0.15) is 0 Å². The zero-order valence-electron chi connectivity index (χ0n) is 26.4. The van der Waals surface area contributed by atoms with E-state index in [4.69, 9.17) is 33.0 Å². The fourth-order valence-corrected chi connectivity index (χ4v) is 7.41. The summed E-state index contributed by atoms with van der Waals surface area (Å²) in [5.74, 6) is -1.43. The summed E-state index contributed by atoms with van der Waals surface area (Å²) in [6.07, 6.45) is 3.76. The first kappa shape index (κ1) is 36.8. The first-order valence-electron chi connectivity index (χ1n) is 15.1. The second kappa shape index (κ2) is 15.6. The predicted molar refractivity (Wildman–Crippen MR) is 198 cm³/mol. The number of methoxy groups -OCH3 is 1. The quantitative estimate of drug-likeness (QED) is 0.148. The highest BCUT2D eigenvalue weighted by molar-refractivity contribution is 7.90. The molecule has 0 aliphatic heterocycles. The first-order chi connectivity index (χ1) is 24.0. The van der Waals surface area contributed by atoms with Crippen LogP contribution in [0.25, 0.3) is 21.8 Å². The highest BCUT2D eigenvalue weighted by atomic mass is 35.5. The zero-order chi connectivity index (χ0) is 35.4. The van der Waals surface area contributed by atoms with Gasteiger partial charge in [0.1, 0.15) is 0 Å². The molecule has 4 heterocycles. The summed E-state index contributed by atoms with van der Waals surface area (Å²) >= 11 is 12.1. The second-order valence-corrected chi connectivity index (χ2v) is 13.8. The van der Waals surface area contributed by atoms with Gasteiger partial charge in [0.25, 0.3) is 10.0 Å². The standard InChI is InChI=1S/C22H17ClN2O4S.C15H11ClN2O2.CH4/c1-29-22(26)15-9-10-24-18(12-15)14-19-13-16-11-17(23)7-8-21(16)25(19)30(27,28)20-5-3-2-4-6-20;16-11-1-2-14-10(5-11)7-13(18-14)8-12-6-9(15(19)20)3-4-17-12;/h2-13H,14H2,1H3;1-7,18H,8H2,(H,19,20);1H4. The molecule has 0 unspecified atom stereocenters. The third kappa shape index (κ3) is 8.29. The first-order valence-corrected chi connectivity index (χ1v) is 17.3. The molecule has 0 spiro atoms. The van der Waals surface area contributed by atoms with E-state index in [0.29, 0.717) is 50.0 Å². The second-order valence-electron chi connectivity index (χ2n) is 11.2. The van der Waals surface area contributed by atoms with Crippen LogP contribution < -0.4 is 0 Å². The van der Waals surface area contributed by atoms with Gasteiger partial charge in [-0.15, -0.1) is 0 Å². The summed E-state index contributed by atoms with van der Waals surface area (Å²) in [6.45, 7) is 0. The highest BCUT2D eigenvalue weighted by Crippen LogP contribution is 2.29. The molecule has 0 amide bonds. The molecule has 0 atom stereocenters. The van der Waals surface area contributed by atoms with Crippen molar-refractivity contribution in [2.24, 2.45) is 0 Å². The number of halogens is 2. The van der Waals surface area contributed by atoms with Crippen LogP contribution in [-0.2, 0) is 27.6 Å². The number of nitrogens with one attached hydrogen (secondary N) is 1. The molecule has 7 aromatic rings. The topological polar surface area (TPSA) is 144 Å². The van der Waals surface area contributed by atoms with Crippen molar-refractivity contribution in [1.29, 1.82) is 0 Å². The molecule has 10 nitrogen and oxygen atoms in total. The Hall–Kier alpha value is -5.49. The number of carboxylic acids is 1. The summed E-state index contributed by atoms with van der Waals surface area (Å²) in [6, 6.07) is 28.9. The van der Waals surface area contributed by atoms with Crippen molar-refractivity contribution in [3.8, 4) is 0 Å². The Morgan fingerprint density at radius 1 is 0.784 bits per heavy atom. The molecule has 0 radical (unpaired) electrons. The summed E-state index contributed by atoms with van der Waals surface area (Å²) in [5, 5.41) is 11.9. The Bertz CT molecular complexity index is 2480. The van der Waals surface area contributed by atoms with Crippen LogP contribution in [0.1, 0.15) is 50.9 Å². The SMILES string of the molecule is C.COC(=O)c1ccnc(Cc2cc3cc(Cl)ccc3n2S(=O)(=O)c2ccccc2)c1.O=C(O)c1ccnc(Cc2cc3cc(Cl)ccc3[nH]2)c1. The molecule has 0 saturated carbocycles. The van der Waals surface area contributed by atoms with Crippen molar-refractivity contribution in [3.63, 3.8) is 0 Å². The van der Waals surface area contributed by atoms with E-state index in [1.54, 1.807) is 72.8 Å².